The van der Waals surface area contributed by atoms with Crippen molar-refractivity contribution in [3.8, 4) is 0 Å². The van der Waals surface area contributed by atoms with E-state index in [4.69, 9.17) is 0 Å². The van der Waals surface area contributed by atoms with Gasteiger partial charge in [-0.2, -0.15) is 0 Å². The summed E-state index contributed by atoms with van der Waals surface area (Å²) in [4.78, 5) is 14.9. The lowest BCUT2D eigenvalue weighted by Gasteiger charge is -2.33. The average Bonchev–Trinajstić information content (AvgIpc) is 3.05. The Hall–Kier alpha value is -1.19. The van der Waals surface area contributed by atoms with Crippen LogP contribution in [0.5, 0.6) is 0 Å². The van der Waals surface area contributed by atoms with Crippen LogP contribution in [0.1, 0.15) is 55.5 Å². The van der Waals surface area contributed by atoms with Crippen LogP contribution >= 0.6 is 0 Å². The molecule has 1 atom stereocenters. The third-order valence-electron chi connectivity index (χ3n) is 4.68. The Morgan fingerprint density at radius 2 is 1.90 bits per heavy atom. The van der Waals surface area contributed by atoms with Crippen LogP contribution in [0.2, 0.25) is 0 Å². The van der Waals surface area contributed by atoms with Gasteiger partial charge in [-0.15, -0.1) is 0 Å². The maximum Gasteiger partial charge on any atom is 0.179 e. The van der Waals surface area contributed by atoms with Crippen molar-refractivity contribution in [3.63, 3.8) is 0 Å². The van der Waals surface area contributed by atoms with Crippen LogP contribution in [0.4, 0.5) is 0 Å². The molecule has 2 rings (SSSR count). The van der Waals surface area contributed by atoms with Crippen molar-refractivity contribution in [1.29, 1.82) is 0 Å². The van der Waals surface area contributed by atoms with Gasteiger partial charge in [0.2, 0.25) is 0 Å². The highest BCUT2D eigenvalue weighted by Gasteiger charge is 2.30. The zero-order valence-corrected chi connectivity index (χ0v) is 13.2. The Morgan fingerprint density at radius 3 is 2.43 bits per heavy atom. The van der Waals surface area contributed by atoms with Crippen molar-refractivity contribution < 1.29 is 9.90 Å². The van der Waals surface area contributed by atoms with Crippen molar-refractivity contribution in [2.75, 3.05) is 13.2 Å². The van der Waals surface area contributed by atoms with E-state index < -0.39 is 0 Å². The van der Waals surface area contributed by atoms with Crippen molar-refractivity contribution >= 4 is 5.78 Å². The minimum Gasteiger partial charge on any atom is -0.395 e. The maximum absolute atomic E-state index is 12.7. The minimum absolute atomic E-state index is 0.114. The molecule has 3 nitrogen and oxygen atoms in total. The zero-order valence-electron chi connectivity index (χ0n) is 13.2. The second kappa shape index (κ2) is 7.71. The maximum atomic E-state index is 12.7. The van der Waals surface area contributed by atoms with Crippen LogP contribution in [0, 0.1) is 0 Å². The molecule has 21 heavy (non-hydrogen) atoms. The molecular formula is C18H27NO2. The molecule has 1 unspecified atom stereocenters. The average molecular weight is 289 g/mol. The molecule has 0 bridgehead atoms. The standard InChI is InChI=1S/C18H27NO2/c1-3-15-8-10-16(11-9-15)18(21)14(2)19(12-13-20)17-6-4-5-7-17/h8-11,14,17,20H,3-7,12-13H2,1-2H3. The van der Waals surface area contributed by atoms with E-state index in [0.717, 1.165) is 24.8 Å². The fourth-order valence-corrected chi connectivity index (χ4v) is 3.34. The highest BCUT2D eigenvalue weighted by Crippen LogP contribution is 2.26. The highest BCUT2D eigenvalue weighted by atomic mass is 16.3. The summed E-state index contributed by atoms with van der Waals surface area (Å²) >= 11 is 0. The summed E-state index contributed by atoms with van der Waals surface area (Å²) in [6, 6.07) is 8.23. The topological polar surface area (TPSA) is 40.5 Å². The molecular weight excluding hydrogens is 262 g/mol. The molecule has 0 aromatic heterocycles. The SMILES string of the molecule is CCc1ccc(C(=O)C(C)N(CCO)C2CCCC2)cc1. The van der Waals surface area contributed by atoms with Crippen molar-refractivity contribution in [1.82, 2.24) is 4.90 Å². The van der Waals surface area contributed by atoms with Gasteiger partial charge in [0, 0.05) is 18.2 Å². The molecule has 0 saturated heterocycles. The molecule has 1 aliphatic carbocycles. The number of carbonyl (C=O) groups is 1. The van der Waals surface area contributed by atoms with Gasteiger partial charge in [0.05, 0.1) is 12.6 Å². The van der Waals surface area contributed by atoms with E-state index in [9.17, 15) is 9.90 Å². The molecule has 1 aromatic rings. The van der Waals surface area contributed by atoms with Gasteiger partial charge in [-0.1, -0.05) is 44.0 Å². The molecule has 0 aliphatic heterocycles. The molecule has 0 amide bonds. The predicted octanol–water partition coefficient (Wildman–Crippen LogP) is 3.06. The Kier molecular flexibility index (Phi) is 5.95. The first-order valence-corrected chi connectivity index (χ1v) is 8.17. The van der Waals surface area contributed by atoms with Gasteiger partial charge >= 0.3 is 0 Å². The molecule has 1 N–H and O–H groups in total. The van der Waals surface area contributed by atoms with E-state index in [1.54, 1.807) is 0 Å². The molecule has 1 aliphatic rings. The van der Waals surface area contributed by atoms with Gasteiger partial charge in [0.1, 0.15) is 0 Å². The second-order valence-electron chi connectivity index (χ2n) is 5.99. The number of aryl methyl sites for hydroxylation is 1. The quantitative estimate of drug-likeness (QED) is 0.784. The number of benzene rings is 1. The van der Waals surface area contributed by atoms with Crippen molar-refractivity contribution in [2.24, 2.45) is 0 Å². The van der Waals surface area contributed by atoms with Crippen LogP contribution < -0.4 is 0 Å². The third kappa shape index (κ3) is 3.92. The van der Waals surface area contributed by atoms with Crippen molar-refractivity contribution in [2.45, 2.75) is 58.0 Å². The summed E-state index contributed by atoms with van der Waals surface area (Å²) in [5, 5.41) is 9.31. The van der Waals surface area contributed by atoms with Crippen LogP contribution in [-0.4, -0.2) is 41.0 Å². The van der Waals surface area contributed by atoms with Gasteiger partial charge in [-0.05, 0) is 31.7 Å². The molecule has 3 heteroatoms. The molecule has 116 valence electrons. The third-order valence-corrected chi connectivity index (χ3v) is 4.68. The van der Waals surface area contributed by atoms with Gasteiger partial charge < -0.3 is 5.11 Å². The summed E-state index contributed by atoms with van der Waals surface area (Å²) in [7, 11) is 0. The predicted molar refractivity (Wildman–Crippen MR) is 85.7 cm³/mol. The molecule has 1 aromatic carbocycles. The lowest BCUT2D eigenvalue weighted by molar-refractivity contribution is 0.0707. The number of Topliss-reactive ketones (excluding diaryl/α,β-unsaturated/α-hetero) is 1. The Labute approximate surface area is 128 Å². The van der Waals surface area contributed by atoms with E-state index >= 15 is 0 Å². The van der Waals surface area contributed by atoms with Gasteiger partial charge in [-0.25, -0.2) is 0 Å². The van der Waals surface area contributed by atoms with E-state index in [-0.39, 0.29) is 18.4 Å². The fourth-order valence-electron chi connectivity index (χ4n) is 3.34. The molecule has 1 fully saturated rings. The molecule has 0 radical (unpaired) electrons. The van der Waals surface area contributed by atoms with Crippen LogP contribution in [0.25, 0.3) is 0 Å². The minimum atomic E-state index is -0.160. The number of hydrogen-bond acceptors (Lipinski definition) is 3. The lowest BCUT2D eigenvalue weighted by atomic mass is 10.0. The zero-order chi connectivity index (χ0) is 15.2. The summed E-state index contributed by atoms with van der Waals surface area (Å²) in [5.74, 6) is 0.165. The van der Waals surface area contributed by atoms with Crippen molar-refractivity contribution in [3.05, 3.63) is 35.4 Å². The largest absolute Gasteiger partial charge is 0.395 e. The molecule has 0 heterocycles. The number of rotatable bonds is 7. The van der Waals surface area contributed by atoms with E-state index in [1.807, 2.05) is 31.2 Å². The summed E-state index contributed by atoms with van der Waals surface area (Å²) in [6.45, 7) is 4.79. The first-order chi connectivity index (χ1) is 10.2. The Balaban J connectivity index is 2.10. The normalized spacial score (nSPS) is 17.3. The number of aliphatic hydroxyl groups is 1. The van der Waals surface area contributed by atoms with E-state index in [1.165, 1.54) is 18.4 Å². The van der Waals surface area contributed by atoms with E-state index in [2.05, 4.69) is 11.8 Å². The number of carbonyl (C=O) groups excluding carboxylic acids is 1. The smallest absolute Gasteiger partial charge is 0.179 e. The van der Waals surface area contributed by atoms with Gasteiger partial charge in [0.15, 0.2) is 5.78 Å². The first-order valence-electron chi connectivity index (χ1n) is 8.17. The highest BCUT2D eigenvalue weighted by molar-refractivity contribution is 5.99. The summed E-state index contributed by atoms with van der Waals surface area (Å²) in [5.41, 5.74) is 2.03. The molecule has 0 spiro atoms. The first kappa shape index (κ1) is 16.2. The monoisotopic (exact) mass is 289 g/mol. The second-order valence-corrected chi connectivity index (χ2v) is 5.99. The van der Waals surface area contributed by atoms with Crippen LogP contribution in [-0.2, 0) is 6.42 Å². The summed E-state index contributed by atoms with van der Waals surface area (Å²) in [6.07, 6.45) is 5.75. The Bertz CT molecular complexity index is 449. The number of aliphatic hydroxyl groups excluding tert-OH is 1. The lowest BCUT2D eigenvalue weighted by Crippen LogP contribution is -2.46. The van der Waals surface area contributed by atoms with Gasteiger partial charge in [0.25, 0.3) is 0 Å². The molecule has 1 saturated carbocycles. The van der Waals surface area contributed by atoms with Crippen LogP contribution in [0.15, 0.2) is 24.3 Å². The Morgan fingerprint density at radius 1 is 1.29 bits per heavy atom. The summed E-state index contributed by atoms with van der Waals surface area (Å²) < 4.78 is 0. The number of nitrogens with zero attached hydrogens (tertiary/aromatic N) is 1. The van der Waals surface area contributed by atoms with Crippen LogP contribution in [0.3, 0.4) is 0 Å². The fraction of sp³-hybridized carbons (Fsp3) is 0.611. The number of hydrogen-bond donors (Lipinski definition) is 1. The van der Waals surface area contributed by atoms with E-state index in [0.29, 0.717) is 12.6 Å². The van der Waals surface area contributed by atoms with Gasteiger partial charge in [-0.3, -0.25) is 9.69 Å². The number of ketones is 1.